The number of non-ortho nitro benzene ring substituents is 1. The molecular weight excluding hydrogens is 254 g/mol. The topological polar surface area (TPSA) is 52.4 Å². The molecule has 0 aliphatic rings. The number of aryl methyl sites for hydroxylation is 1. The van der Waals surface area contributed by atoms with Gasteiger partial charge < -0.3 is 4.74 Å². The third-order valence-electron chi connectivity index (χ3n) is 2.41. The van der Waals surface area contributed by atoms with Gasteiger partial charge in [-0.1, -0.05) is 11.6 Å². The van der Waals surface area contributed by atoms with Crippen LogP contribution in [0.3, 0.4) is 0 Å². The van der Waals surface area contributed by atoms with E-state index in [1.807, 2.05) is 0 Å². The Balaban J connectivity index is 2.24. The Morgan fingerprint density at radius 1 is 1.17 bits per heavy atom. The molecule has 2 aromatic rings. The van der Waals surface area contributed by atoms with Crippen LogP contribution in [0.2, 0.25) is 5.02 Å². The Morgan fingerprint density at radius 3 is 2.39 bits per heavy atom. The number of nitrogens with zero attached hydrogens (tertiary/aromatic N) is 1. The summed E-state index contributed by atoms with van der Waals surface area (Å²) in [5.74, 6) is 1.22. The molecule has 0 fully saturated rings. The zero-order chi connectivity index (χ0) is 13.1. The molecule has 2 aromatic carbocycles. The molecule has 0 heterocycles. The smallest absolute Gasteiger partial charge is 0.269 e. The van der Waals surface area contributed by atoms with Crippen LogP contribution >= 0.6 is 11.6 Å². The molecule has 0 spiro atoms. The van der Waals surface area contributed by atoms with Crippen LogP contribution in [-0.2, 0) is 0 Å². The van der Waals surface area contributed by atoms with E-state index in [9.17, 15) is 10.1 Å². The molecular formula is C13H10ClNO3. The van der Waals surface area contributed by atoms with Gasteiger partial charge in [0.05, 0.1) is 4.92 Å². The predicted molar refractivity (Wildman–Crippen MR) is 69.4 cm³/mol. The number of ether oxygens (including phenoxy) is 1. The highest BCUT2D eigenvalue weighted by molar-refractivity contribution is 6.30. The maximum Gasteiger partial charge on any atom is 0.269 e. The zero-order valence-corrected chi connectivity index (χ0v) is 10.3. The minimum atomic E-state index is -0.431. The zero-order valence-electron chi connectivity index (χ0n) is 9.59. The van der Waals surface area contributed by atoms with Crippen molar-refractivity contribution in [3.05, 3.63) is 63.2 Å². The molecule has 5 heteroatoms. The Kier molecular flexibility index (Phi) is 3.48. The maximum absolute atomic E-state index is 10.6. The molecule has 0 saturated carbocycles. The monoisotopic (exact) mass is 263 g/mol. The van der Waals surface area contributed by atoms with Crippen molar-refractivity contribution in [2.75, 3.05) is 0 Å². The van der Waals surface area contributed by atoms with Crippen molar-refractivity contribution < 1.29 is 9.66 Å². The molecule has 4 nitrogen and oxygen atoms in total. The van der Waals surface area contributed by atoms with Crippen LogP contribution < -0.4 is 4.74 Å². The first-order valence-corrected chi connectivity index (χ1v) is 5.62. The fourth-order valence-corrected chi connectivity index (χ4v) is 1.62. The predicted octanol–water partition coefficient (Wildman–Crippen LogP) is 4.35. The Bertz CT molecular complexity index is 581. The summed E-state index contributed by atoms with van der Waals surface area (Å²) in [7, 11) is 0. The van der Waals surface area contributed by atoms with Crippen molar-refractivity contribution in [1.82, 2.24) is 0 Å². The minimum absolute atomic E-state index is 0.0518. The van der Waals surface area contributed by atoms with Gasteiger partial charge >= 0.3 is 0 Å². The van der Waals surface area contributed by atoms with Crippen molar-refractivity contribution in [2.24, 2.45) is 0 Å². The third-order valence-corrected chi connectivity index (χ3v) is 2.66. The van der Waals surface area contributed by atoms with Gasteiger partial charge in [-0.3, -0.25) is 10.1 Å². The molecule has 0 saturated heterocycles. The summed E-state index contributed by atoms with van der Waals surface area (Å²) in [5.41, 5.74) is 0.759. The maximum atomic E-state index is 10.6. The van der Waals surface area contributed by atoms with Gasteiger partial charge in [0.25, 0.3) is 5.69 Å². The van der Waals surface area contributed by atoms with E-state index in [4.69, 9.17) is 16.3 Å². The number of benzene rings is 2. The molecule has 2 rings (SSSR count). The van der Waals surface area contributed by atoms with E-state index < -0.39 is 4.92 Å². The van der Waals surface area contributed by atoms with E-state index >= 15 is 0 Å². The van der Waals surface area contributed by atoms with Gasteiger partial charge in [-0.15, -0.1) is 0 Å². The lowest BCUT2D eigenvalue weighted by molar-refractivity contribution is -0.384. The highest BCUT2D eigenvalue weighted by Crippen LogP contribution is 2.28. The number of hydrogen-bond donors (Lipinski definition) is 0. The van der Waals surface area contributed by atoms with E-state index in [0.717, 1.165) is 0 Å². The molecule has 0 N–H and O–H groups in total. The van der Waals surface area contributed by atoms with Crippen molar-refractivity contribution in [1.29, 1.82) is 0 Å². The molecule has 0 aromatic heterocycles. The lowest BCUT2D eigenvalue weighted by Gasteiger charge is -2.08. The SMILES string of the molecule is Cc1cc([N+](=O)[O-])ccc1Oc1ccc(Cl)cc1. The molecule has 0 aliphatic heterocycles. The molecule has 0 unspecified atom stereocenters. The number of nitro groups is 1. The van der Waals surface area contributed by atoms with Crippen LogP contribution in [0.4, 0.5) is 5.69 Å². The van der Waals surface area contributed by atoms with E-state index in [1.54, 1.807) is 37.3 Å². The molecule has 0 bridgehead atoms. The van der Waals surface area contributed by atoms with Gasteiger partial charge in [0, 0.05) is 17.2 Å². The summed E-state index contributed by atoms with van der Waals surface area (Å²) < 4.78 is 5.62. The summed E-state index contributed by atoms with van der Waals surface area (Å²) in [6, 6.07) is 11.4. The first kappa shape index (κ1) is 12.4. The summed E-state index contributed by atoms with van der Waals surface area (Å²) in [5, 5.41) is 11.2. The summed E-state index contributed by atoms with van der Waals surface area (Å²) in [6.45, 7) is 1.76. The van der Waals surface area contributed by atoms with Crippen LogP contribution in [0.15, 0.2) is 42.5 Å². The van der Waals surface area contributed by atoms with Crippen molar-refractivity contribution >= 4 is 17.3 Å². The normalized spacial score (nSPS) is 10.1. The fourth-order valence-electron chi connectivity index (χ4n) is 1.49. The largest absolute Gasteiger partial charge is 0.457 e. The Hall–Kier alpha value is -2.07. The van der Waals surface area contributed by atoms with E-state index in [0.29, 0.717) is 22.1 Å². The van der Waals surface area contributed by atoms with Crippen LogP contribution in [0.1, 0.15) is 5.56 Å². The second-order valence-corrected chi connectivity index (χ2v) is 4.20. The van der Waals surface area contributed by atoms with Crippen LogP contribution in [0, 0.1) is 17.0 Å². The lowest BCUT2D eigenvalue weighted by Crippen LogP contribution is -1.91. The first-order valence-electron chi connectivity index (χ1n) is 5.25. The van der Waals surface area contributed by atoms with Gasteiger partial charge in [-0.2, -0.15) is 0 Å². The van der Waals surface area contributed by atoms with E-state index in [2.05, 4.69) is 0 Å². The van der Waals surface area contributed by atoms with Crippen LogP contribution in [-0.4, -0.2) is 4.92 Å². The molecule has 0 amide bonds. The van der Waals surface area contributed by atoms with Gasteiger partial charge in [-0.25, -0.2) is 0 Å². The number of nitro benzene ring substituents is 1. The Morgan fingerprint density at radius 2 is 1.83 bits per heavy atom. The van der Waals surface area contributed by atoms with Crippen molar-refractivity contribution in [3.63, 3.8) is 0 Å². The third kappa shape index (κ3) is 2.78. The second kappa shape index (κ2) is 5.06. The minimum Gasteiger partial charge on any atom is -0.457 e. The molecule has 0 atom stereocenters. The van der Waals surface area contributed by atoms with Crippen molar-refractivity contribution in [3.8, 4) is 11.5 Å². The summed E-state index contributed by atoms with van der Waals surface area (Å²) in [4.78, 5) is 10.2. The van der Waals surface area contributed by atoms with Gasteiger partial charge in [0.1, 0.15) is 11.5 Å². The van der Waals surface area contributed by atoms with Crippen LogP contribution in [0.25, 0.3) is 0 Å². The van der Waals surface area contributed by atoms with Gasteiger partial charge in [-0.05, 0) is 42.8 Å². The second-order valence-electron chi connectivity index (χ2n) is 3.76. The lowest BCUT2D eigenvalue weighted by atomic mass is 10.2. The first-order chi connectivity index (χ1) is 8.56. The number of rotatable bonds is 3. The van der Waals surface area contributed by atoms with Gasteiger partial charge in [0.15, 0.2) is 0 Å². The highest BCUT2D eigenvalue weighted by atomic mass is 35.5. The summed E-state index contributed by atoms with van der Waals surface area (Å²) >= 11 is 5.77. The molecule has 0 aliphatic carbocycles. The highest BCUT2D eigenvalue weighted by Gasteiger charge is 2.09. The van der Waals surface area contributed by atoms with Crippen LogP contribution in [0.5, 0.6) is 11.5 Å². The van der Waals surface area contributed by atoms with E-state index in [-0.39, 0.29) is 5.69 Å². The standard InChI is InChI=1S/C13H10ClNO3/c1-9-8-11(15(16)17)4-7-13(9)18-12-5-2-10(14)3-6-12/h2-8H,1H3. The average Bonchev–Trinajstić information content (AvgIpc) is 2.34. The molecule has 18 heavy (non-hydrogen) atoms. The fraction of sp³-hybridized carbons (Fsp3) is 0.0769. The number of halogens is 1. The van der Waals surface area contributed by atoms with Crippen molar-refractivity contribution in [2.45, 2.75) is 6.92 Å². The quantitative estimate of drug-likeness (QED) is 0.611. The Labute approximate surface area is 109 Å². The number of hydrogen-bond acceptors (Lipinski definition) is 3. The van der Waals surface area contributed by atoms with E-state index in [1.165, 1.54) is 12.1 Å². The molecule has 0 radical (unpaired) electrons. The average molecular weight is 264 g/mol. The van der Waals surface area contributed by atoms with Gasteiger partial charge in [0.2, 0.25) is 0 Å². The summed E-state index contributed by atoms with van der Waals surface area (Å²) in [6.07, 6.45) is 0. The molecule has 92 valence electrons.